The predicted octanol–water partition coefficient (Wildman–Crippen LogP) is 2.00. The summed E-state index contributed by atoms with van der Waals surface area (Å²) in [6.07, 6.45) is 3.75. The van der Waals surface area contributed by atoms with Gasteiger partial charge in [-0.15, -0.1) is 0 Å². The van der Waals surface area contributed by atoms with E-state index in [2.05, 4.69) is 50.3 Å². The van der Waals surface area contributed by atoms with Gasteiger partial charge < -0.3 is 15.5 Å². The van der Waals surface area contributed by atoms with E-state index in [1.165, 1.54) is 0 Å². The van der Waals surface area contributed by atoms with Crippen molar-refractivity contribution >= 4 is 5.91 Å². The van der Waals surface area contributed by atoms with Crippen LogP contribution in [0.3, 0.4) is 0 Å². The zero-order valence-corrected chi connectivity index (χ0v) is 13.5. The topological polar surface area (TPSA) is 44.4 Å². The van der Waals surface area contributed by atoms with Crippen LogP contribution in [0.25, 0.3) is 0 Å². The van der Waals surface area contributed by atoms with Crippen LogP contribution in [-0.2, 0) is 4.79 Å². The molecule has 0 radical (unpaired) electrons. The molecule has 2 N–H and O–H groups in total. The number of nitrogens with one attached hydrogen (secondary N) is 2. The maximum absolute atomic E-state index is 11.5. The number of hydrogen-bond acceptors (Lipinski definition) is 3. The van der Waals surface area contributed by atoms with Crippen molar-refractivity contribution in [3.8, 4) is 0 Å². The lowest BCUT2D eigenvalue weighted by Gasteiger charge is -2.20. The van der Waals surface area contributed by atoms with Crippen molar-refractivity contribution in [3.05, 3.63) is 0 Å². The van der Waals surface area contributed by atoms with E-state index >= 15 is 0 Å². The standard InChI is InChI=1S/C15H33N3O/c1-13(2)16-11-8-9-15(19)17-10-6-7-12-18(5)14(3)4/h13-14,16H,6-12H2,1-5H3,(H,17,19). The first-order valence-corrected chi connectivity index (χ1v) is 7.63. The van der Waals surface area contributed by atoms with E-state index in [-0.39, 0.29) is 5.91 Å². The molecule has 0 aliphatic carbocycles. The van der Waals surface area contributed by atoms with Gasteiger partial charge in [0.25, 0.3) is 0 Å². The molecule has 0 saturated heterocycles. The van der Waals surface area contributed by atoms with Gasteiger partial charge in [0.15, 0.2) is 0 Å². The molecule has 4 heteroatoms. The summed E-state index contributed by atoms with van der Waals surface area (Å²) in [4.78, 5) is 13.9. The first-order valence-electron chi connectivity index (χ1n) is 7.63. The Kier molecular flexibility index (Phi) is 10.9. The first-order chi connectivity index (χ1) is 8.93. The smallest absolute Gasteiger partial charge is 0.220 e. The fourth-order valence-corrected chi connectivity index (χ4v) is 1.70. The molecule has 0 bridgehead atoms. The molecule has 4 nitrogen and oxygen atoms in total. The van der Waals surface area contributed by atoms with E-state index in [0.29, 0.717) is 18.5 Å². The SMILES string of the molecule is CC(C)NCCCC(=O)NCCCCN(C)C(C)C. The second-order valence-corrected chi connectivity index (χ2v) is 5.84. The number of nitrogens with zero attached hydrogens (tertiary/aromatic N) is 1. The zero-order valence-electron chi connectivity index (χ0n) is 13.5. The molecule has 0 unspecified atom stereocenters. The van der Waals surface area contributed by atoms with E-state index < -0.39 is 0 Å². The summed E-state index contributed by atoms with van der Waals surface area (Å²) in [5.74, 6) is 0.183. The Hall–Kier alpha value is -0.610. The van der Waals surface area contributed by atoms with Crippen LogP contribution < -0.4 is 10.6 Å². The first kappa shape index (κ1) is 18.4. The molecule has 0 atom stereocenters. The molecule has 1 amide bonds. The Balaban J connectivity index is 3.34. The van der Waals surface area contributed by atoms with E-state index in [9.17, 15) is 4.79 Å². The van der Waals surface area contributed by atoms with Gasteiger partial charge in [-0.1, -0.05) is 13.8 Å². The molecular weight excluding hydrogens is 238 g/mol. The Bertz CT molecular complexity index is 229. The maximum atomic E-state index is 11.5. The minimum atomic E-state index is 0.183. The highest BCUT2D eigenvalue weighted by molar-refractivity contribution is 5.75. The number of unbranched alkanes of at least 4 members (excludes halogenated alkanes) is 1. The highest BCUT2D eigenvalue weighted by atomic mass is 16.1. The van der Waals surface area contributed by atoms with Gasteiger partial charge in [-0.2, -0.15) is 0 Å². The lowest BCUT2D eigenvalue weighted by molar-refractivity contribution is -0.121. The third-order valence-electron chi connectivity index (χ3n) is 3.27. The Morgan fingerprint density at radius 3 is 2.32 bits per heavy atom. The van der Waals surface area contributed by atoms with E-state index in [4.69, 9.17) is 0 Å². The second-order valence-electron chi connectivity index (χ2n) is 5.84. The van der Waals surface area contributed by atoms with E-state index in [1.807, 2.05) is 0 Å². The van der Waals surface area contributed by atoms with Crippen molar-refractivity contribution in [1.82, 2.24) is 15.5 Å². The lowest BCUT2D eigenvalue weighted by Crippen LogP contribution is -2.29. The molecule has 114 valence electrons. The summed E-state index contributed by atoms with van der Waals surface area (Å²) in [7, 11) is 2.14. The summed E-state index contributed by atoms with van der Waals surface area (Å²) in [6, 6.07) is 1.10. The van der Waals surface area contributed by atoms with Crippen LogP contribution in [0.4, 0.5) is 0 Å². The van der Waals surface area contributed by atoms with Crippen LogP contribution >= 0.6 is 0 Å². The second kappa shape index (κ2) is 11.2. The number of rotatable bonds is 11. The van der Waals surface area contributed by atoms with Gasteiger partial charge in [-0.3, -0.25) is 4.79 Å². The fourth-order valence-electron chi connectivity index (χ4n) is 1.70. The molecule has 0 aromatic heterocycles. The highest BCUT2D eigenvalue weighted by Crippen LogP contribution is 1.97. The summed E-state index contributed by atoms with van der Waals surface area (Å²) in [5, 5.41) is 6.30. The monoisotopic (exact) mass is 271 g/mol. The van der Waals surface area contributed by atoms with E-state index in [0.717, 1.165) is 38.9 Å². The third kappa shape index (κ3) is 12.2. The summed E-state index contributed by atoms with van der Waals surface area (Å²) in [5.41, 5.74) is 0. The average Bonchev–Trinajstić information content (AvgIpc) is 2.33. The fraction of sp³-hybridized carbons (Fsp3) is 0.933. The molecule has 0 aliphatic heterocycles. The van der Waals surface area contributed by atoms with Gasteiger partial charge in [0.1, 0.15) is 0 Å². The Labute approximate surface area is 119 Å². The largest absolute Gasteiger partial charge is 0.356 e. The molecule has 0 spiro atoms. The molecule has 0 aromatic carbocycles. The number of hydrogen-bond donors (Lipinski definition) is 2. The van der Waals surface area contributed by atoms with Crippen LogP contribution in [0.15, 0.2) is 0 Å². The minimum absolute atomic E-state index is 0.183. The zero-order chi connectivity index (χ0) is 14.7. The molecule has 0 aliphatic rings. The average molecular weight is 271 g/mol. The van der Waals surface area contributed by atoms with Crippen molar-refractivity contribution in [3.63, 3.8) is 0 Å². The van der Waals surface area contributed by atoms with E-state index in [1.54, 1.807) is 0 Å². The van der Waals surface area contributed by atoms with Gasteiger partial charge >= 0.3 is 0 Å². The normalized spacial score (nSPS) is 11.6. The van der Waals surface area contributed by atoms with Crippen molar-refractivity contribution in [2.45, 2.75) is 65.5 Å². The molecule has 0 heterocycles. The lowest BCUT2D eigenvalue weighted by atomic mass is 10.2. The van der Waals surface area contributed by atoms with Crippen LogP contribution in [0, 0.1) is 0 Å². The van der Waals surface area contributed by atoms with Crippen LogP contribution in [0.2, 0.25) is 0 Å². The number of amides is 1. The molecular formula is C15H33N3O. The van der Waals surface area contributed by atoms with Crippen molar-refractivity contribution < 1.29 is 4.79 Å². The van der Waals surface area contributed by atoms with Crippen molar-refractivity contribution in [2.24, 2.45) is 0 Å². The van der Waals surface area contributed by atoms with Crippen molar-refractivity contribution in [1.29, 1.82) is 0 Å². The Morgan fingerprint density at radius 1 is 1.05 bits per heavy atom. The summed E-state index contributed by atoms with van der Waals surface area (Å²) >= 11 is 0. The van der Waals surface area contributed by atoms with Crippen molar-refractivity contribution in [2.75, 3.05) is 26.7 Å². The van der Waals surface area contributed by atoms with Crippen LogP contribution in [0.1, 0.15) is 53.4 Å². The van der Waals surface area contributed by atoms with Gasteiger partial charge in [0.05, 0.1) is 0 Å². The molecule has 0 rings (SSSR count). The quantitative estimate of drug-likeness (QED) is 0.565. The van der Waals surface area contributed by atoms with Gasteiger partial charge in [0, 0.05) is 25.0 Å². The van der Waals surface area contributed by atoms with Crippen LogP contribution in [-0.4, -0.2) is 49.6 Å². The maximum Gasteiger partial charge on any atom is 0.220 e. The predicted molar refractivity (Wildman–Crippen MR) is 82.4 cm³/mol. The van der Waals surface area contributed by atoms with Gasteiger partial charge in [-0.25, -0.2) is 0 Å². The molecule has 0 saturated carbocycles. The third-order valence-corrected chi connectivity index (χ3v) is 3.27. The minimum Gasteiger partial charge on any atom is -0.356 e. The summed E-state index contributed by atoms with van der Waals surface area (Å²) in [6.45, 7) is 11.5. The van der Waals surface area contributed by atoms with Gasteiger partial charge in [-0.05, 0) is 53.2 Å². The molecule has 0 fully saturated rings. The number of carbonyl (C=O) groups excluding carboxylic acids is 1. The molecule has 0 aromatic rings. The Morgan fingerprint density at radius 2 is 1.74 bits per heavy atom. The van der Waals surface area contributed by atoms with Crippen LogP contribution in [0.5, 0.6) is 0 Å². The number of carbonyl (C=O) groups is 1. The summed E-state index contributed by atoms with van der Waals surface area (Å²) < 4.78 is 0. The molecule has 19 heavy (non-hydrogen) atoms. The highest BCUT2D eigenvalue weighted by Gasteiger charge is 2.03. The van der Waals surface area contributed by atoms with Gasteiger partial charge in [0.2, 0.25) is 5.91 Å².